The van der Waals surface area contributed by atoms with Gasteiger partial charge in [-0.05, 0) is 24.6 Å². The van der Waals surface area contributed by atoms with Crippen molar-refractivity contribution in [1.82, 2.24) is 0 Å². The highest BCUT2D eigenvalue weighted by Crippen LogP contribution is 2.24. The molecule has 0 bridgehead atoms. The lowest BCUT2D eigenvalue weighted by Crippen LogP contribution is -2.60. The van der Waals surface area contributed by atoms with Gasteiger partial charge >= 0.3 is 0 Å². The fraction of sp³-hybridized carbons (Fsp3) is 0.538. The Bertz CT molecular complexity index is 421. The zero-order valence-electron chi connectivity index (χ0n) is 10.5. The van der Waals surface area contributed by atoms with Crippen molar-refractivity contribution in [3.63, 3.8) is 0 Å². The fourth-order valence-electron chi connectivity index (χ4n) is 1.99. The molecule has 0 radical (unpaired) electrons. The minimum atomic E-state index is -1.43. The standard InChI is InChI=1S/C13H18O6/c1-7-3-2-4-8(5-7)18-13-12(17)11(16)10(15)9(6-14)19-13/h2-5,9-17H,6H2,1H3/t9-,10-,11-,12-,13+/m0/s1. The van der Waals surface area contributed by atoms with Crippen LogP contribution in [0.25, 0.3) is 0 Å². The number of ether oxygens (including phenoxy) is 2. The Hall–Kier alpha value is -1.18. The third-order valence-electron chi connectivity index (χ3n) is 3.09. The number of hydrogen-bond donors (Lipinski definition) is 4. The van der Waals surface area contributed by atoms with Crippen molar-refractivity contribution in [1.29, 1.82) is 0 Å². The van der Waals surface area contributed by atoms with Crippen LogP contribution in [-0.2, 0) is 4.74 Å². The number of benzene rings is 1. The molecule has 0 aliphatic carbocycles. The van der Waals surface area contributed by atoms with E-state index in [1.807, 2.05) is 13.0 Å². The van der Waals surface area contributed by atoms with Gasteiger partial charge in [0.1, 0.15) is 30.2 Å². The summed E-state index contributed by atoms with van der Waals surface area (Å²) >= 11 is 0. The highest BCUT2D eigenvalue weighted by Gasteiger charge is 2.44. The number of aryl methyl sites for hydroxylation is 1. The second-order valence-electron chi connectivity index (χ2n) is 4.63. The van der Waals surface area contributed by atoms with Crippen molar-refractivity contribution in [3.05, 3.63) is 29.8 Å². The molecule has 1 heterocycles. The molecule has 0 unspecified atom stereocenters. The van der Waals surface area contributed by atoms with Crippen LogP contribution in [0.4, 0.5) is 0 Å². The molecule has 6 heteroatoms. The topological polar surface area (TPSA) is 99.4 Å². The molecular formula is C13H18O6. The third-order valence-corrected chi connectivity index (χ3v) is 3.09. The maximum Gasteiger partial charge on any atom is 0.229 e. The van der Waals surface area contributed by atoms with Gasteiger partial charge < -0.3 is 29.9 Å². The first-order valence-electron chi connectivity index (χ1n) is 6.07. The molecule has 0 aromatic heterocycles. The van der Waals surface area contributed by atoms with E-state index in [1.54, 1.807) is 18.2 Å². The lowest BCUT2D eigenvalue weighted by Gasteiger charge is -2.39. The highest BCUT2D eigenvalue weighted by atomic mass is 16.7. The first kappa shape index (κ1) is 14.2. The quantitative estimate of drug-likeness (QED) is 0.572. The molecule has 106 valence electrons. The second kappa shape index (κ2) is 5.85. The van der Waals surface area contributed by atoms with Crippen LogP contribution in [0.3, 0.4) is 0 Å². The zero-order chi connectivity index (χ0) is 14.0. The first-order valence-corrected chi connectivity index (χ1v) is 6.07. The van der Waals surface area contributed by atoms with Gasteiger partial charge in [0.25, 0.3) is 0 Å². The Labute approximate surface area is 110 Å². The van der Waals surface area contributed by atoms with Crippen LogP contribution in [-0.4, -0.2) is 57.7 Å². The number of hydrogen-bond acceptors (Lipinski definition) is 6. The molecule has 5 atom stereocenters. The lowest BCUT2D eigenvalue weighted by atomic mass is 9.99. The molecule has 1 aliphatic heterocycles. The van der Waals surface area contributed by atoms with Gasteiger partial charge in [-0.2, -0.15) is 0 Å². The Balaban J connectivity index is 2.10. The molecule has 1 aromatic carbocycles. The molecule has 1 aromatic rings. The second-order valence-corrected chi connectivity index (χ2v) is 4.63. The van der Waals surface area contributed by atoms with Crippen molar-refractivity contribution < 1.29 is 29.9 Å². The minimum absolute atomic E-state index is 0.474. The normalized spacial score (nSPS) is 35.1. The van der Waals surface area contributed by atoms with Gasteiger partial charge in [-0.25, -0.2) is 0 Å². The summed E-state index contributed by atoms with van der Waals surface area (Å²) < 4.78 is 10.7. The molecule has 1 aliphatic rings. The van der Waals surface area contributed by atoms with Crippen LogP contribution in [0.2, 0.25) is 0 Å². The van der Waals surface area contributed by atoms with E-state index >= 15 is 0 Å². The van der Waals surface area contributed by atoms with Gasteiger partial charge in [0.05, 0.1) is 6.61 Å². The molecule has 1 fully saturated rings. The summed E-state index contributed by atoms with van der Waals surface area (Å²) in [6.07, 6.45) is -6.30. The van der Waals surface area contributed by atoms with E-state index in [0.29, 0.717) is 5.75 Å². The summed E-state index contributed by atoms with van der Waals surface area (Å²) in [5, 5.41) is 38.1. The molecule has 0 amide bonds. The Morgan fingerprint density at radius 1 is 1.16 bits per heavy atom. The van der Waals surface area contributed by atoms with Crippen molar-refractivity contribution in [2.75, 3.05) is 6.61 Å². The maximum absolute atomic E-state index is 9.81. The van der Waals surface area contributed by atoms with Crippen LogP contribution >= 0.6 is 0 Å². The van der Waals surface area contributed by atoms with Gasteiger partial charge in [-0.1, -0.05) is 12.1 Å². The first-order chi connectivity index (χ1) is 9.02. The van der Waals surface area contributed by atoms with E-state index in [0.717, 1.165) is 5.56 Å². The van der Waals surface area contributed by atoms with Crippen molar-refractivity contribution >= 4 is 0 Å². The summed E-state index contributed by atoms with van der Waals surface area (Å²) in [5.74, 6) is 0.476. The highest BCUT2D eigenvalue weighted by molar-refractivity contribution is 5.27. The van der Waals surface area contributed by atoms with Crippen molar-refractivity contribution in [2.24, 2.45) is 0 Å². The summed E-state index contributed by atoms with van der Waals surface area (Å²) in [4.78, 5) is 0. The number of aliphatic hydroxyl groups is 4. The largest absolute Gasteiger partial charge is 0.462 e. The molecular weight excluding hydrogens is 252 g/mol. The molecule has 0 spiro atoms. The molecule has 6 nitrogen and oxygen atoms in total. The number of rotatable bonds is 3. The van der Waals surface area contributed by atoms with Crippen LogP contribution in [0.1, 0.15) is 5.56 Å². The van der Waals surface area contributed by atoms with E-state index in [9.17, 15) is 15.3 Å². The lowest BCUT2D eigenvalue weighted by molar-refractivity contribution is -0.277. The predicted molar refractivity (Wildman–Crippen MR) is 65.6 cm³/mol. The fourth-order valence-corrected chi connectivity index (χ4v) is 1.99. The third kappa shape index (κ3) is 3.05. The monoisotopic (exact) mass is 270 g/mol. The van der Waals surface area contributed by atoms with Gasteiger partial charge in [-0.3, -0.25) is 0 Å². The molecule has 0 saturated carbocycles. The van der Waals surface area contributed by atoms with E-state index in [2.05, 4.69) is 0 Å². The molecule has 19 heavy (non-hydrogen) atoms. The molecule has 2 rings (SSSR count). The van der Waals surface area contributed by atoms with Crippen LogP contribution in [0, 0.1) is 6.92 Å². The minimum Gasteiger partial charge on any atom is -0.462 e. The maximum atomic E-state index is 9.81. The van der Waals surface area contributed by atoms with Gasteiger partial charge in [0.15, 0.2) is 0 Å². The number of aliphatic hydroxyl groups excluding tert-OH is 4. The summed E-state index contributed by atoms with van der Waals surface area (Å²) in [6, 6.07) is 7.12. The molecule has 4 N–H and O–H groups in total. The van der Waals surface area contributed by atoms with Gasteiger partial charge in [-0.15, -0.1) is 0 Å². The van der Waals surface area contributed by atoms with Crippen LogP contribution in [0.5, 0.6) is 5.75 Å². The van der Waals surface area contributed by atoms with Gasteiger partial charge in [0, 0.05) is 0 Å². The zero-order valence-corrected chi connectivity index (χ0v) is 10.5. The van der Waals surface area contributed by atoms with E-state index in [1.165, 1.54) is 0 Å². The average molecular weight is 270 g/mol. The van der Waals surface area contributed by atoms with E-state index < -0.39 is 37.3 Å². The average Bonchev–Trinajstić information content (AvgIpc) is 2.39. The SMILES string of the molecule is Cc1cccc(O[C@@H]2O[C@@H](CO)[C@H](O)[C@H](O)[C@@H]2O)c1. The smallest absolute Gasteiger partial charge is 0.229 e. The Kier molecular flexibility index (Phi) is 4.38. The van der Waals surface area contributed by atoms with E-state index in [4.69, 9.17) is 14.6 Å². The Morgan fingerprint density at radius 3 is 2.53 bits per heavy atom. The van der Waals surface area contributed by atoms with E-state index in [-0.39, 0.29) is 0 Å². The van der Waals surface area contributed by atoms with Crippen molar-refractivity contribution in [2.45, 2.75) is 37.6 Å². The predicted octanol–water partition coefficient (Wildman–Crippen LogP) is -0.826. The molecule has 1 saturated heterocycles. The van der Waals surface area contributed by atoms with Crippen LogP contribution < -0.4 is 4.74 Å². The Morgan fingerprint density at radius 2 is 1.89 bits per heavy atom. The summed E-state index contributed by atoms with van der Waals surface area (Å²) in [7, 11) is 0. The summed E-state index contributed by atoms with van der Waals surface area (Å²) in [6.45, 7) is 1.42. The summed E-state index contributed by atoms with van der Waals surface area (Å²) in [5.41, 5.74) is 0.974. The van der Waals surface area contributed by atoms with Crippen LogP contribution in [0.15, 0.2) is 24.3 Å². The van der Waals surface area contributed by atoms with Gasteiger partial charge in [0.2, 0.25) is 6.29 Å². The van der Waals surface area contributed by atoms with Crippen molar-refractivity contribution in [3.8, 4) is 5.75 Å².